The monoisotopic (exact) mass is 191 g/mol. The molecule has 0 bridgehead atoms. The number of carbonyl (C=O) groups is 1. The van der Waals surface area contributed by atoms with Crippen LogP contribution in [0.3, 0.4) is 0 Å². The summed E-state index contributed by atoms with van der Waals surface area (Å²) < 4.78 is 4.57. The van der Waals surface area contributed by atoms with E-state index in [-0.39, 0.29) is 0 Å². The molecule has 1 aromatic rings. The first kappa shape index (κ1) is 10.3. The highest BCUT2D eigenvalue weighted by Crippen LogP contribution is 2.01. The van der Waals surface area contributed by atoms with Crippen LogP contribution in [0, 0.1) is 0 Å². The summed E-state index contributed by atoms with van der Waals surface area (Å²) in [5, 5.41) is 0. The van der Waals surface area contributed by atoms with Crippen molar-refractivity contribution in [2.45, 2.75) is 6.42 Å². The van der Waals surface area contributed by atoms with Gasteiger partial charge < -0.3 is 10.5 Å². The number of hydrogen-bond acceptors (Lipinski definition) is 2. The fourth-order valence-electron chi connectivity index (χ4n) is 1.01. The van der Waals surface area contributed by atoms with Gasteiger partial charge in [0, 0.05) is 0 Å². The molecule has 3 heteroatoms. The molecule has 1 aromatic carbocycles. The van der Waals surface area contributed by atoms with Crippen LogP contribution in [0.25, 0.3) is 6.08 Å². The molecule has 0 aliphatic heterocycles. The average Bonchev–Trinajstić information content (AvgIpc) is 2.18. The summed E-state index contributed by atoms with van der Waals surface area (Å²) in [4.78, 5) is 10.2. The Morgan fingerprint density at radius 2 is 2.07 bits per heavy atom. The summed E-state index contributed by atoms with van der Waals surface area (Å²) in [5.41, 5.74) is 5.93. The van der Waals surface area contributed by atoms with E-state index in [2.05, 4.69) is 4.74 Å². The lowest BCUT2D eigenvalue weighted by atomic mass is 10.2. The van der Waals surface area contributed by atoms with Gasteiger partial charge in [0.25, 0.3) is 0 Å². The van der Waals surface area contributed by atoms with Crippen LogP contribution in [-0.4, -0.2) is 12.7 Å². The molecular formula is C11H13NO2. The maximum atomic E-state index is 10.2. The van der Waals surface area contributed by atoms with E-state index in [1.54, 1.807) is 0 Å². The maximum absolute atomic E-state index is 10.2. The second-order valence-electron chi connectivity index (χ2n) is 2.77. The van der Waals surface area contributed by atoms with Crippen molar-refractivity contribution in [1.29, 1.82) is 0 Å². The third-order valence-corrected chi connectivity index (χ3v) is 1.64. The van der Waals surface area contributed by atoms with E-state index in [9.17, 15) is 4.79 Å². The van der Waals surface area contributed by atoms with E-state index in [0.29, 0.717) is 13.0 Å². The topological polar surface area (TPSA) is 52.3 Å². The van der Waals surface area contributed by atoms with Crippen LogP contribution in [0.15, 0.2) is 36.4 Å². The smallest absolute Gasteiger partial charge is 0.404 e. The second kappa shape index (κ2) is 5.80. The minimum atomic E-state index is -0.724. The highest BCUT2D eigenvalue weighted by atomic mass is 16.5. The van der Waals surface area contributed by atoms with E-state index < -0.39 is 6.09 Å². The van der Waals surface area contributed by atoms with Crippen LogP contribution in [0.1, 0.15) is 12.0 Å². The van der Waals surface area contributed by atoms with Crippen LogP contribution < -0.4 is 5.73 Å². The Labute approximate surface area is 83.2 Å². The van der Waals surface area contributed by atoms with Gasteiger partial charge in [-0.1, -0.05) is 42.5 Å². The minimum Gasteiger partial charge on any atom is -0.449 e. The van der Waals surface area contributed by atoms with Crippen molar-refractivity contribution in [3.63, 3.8) is 0 Å². The van der Waals surface area contributed by atoms with Gasteiger partial charge in [-0.3, -0.25) is 0 Å². The zero-order valence-corrected chi connectivity index (χ0v) is 7.85. The van der Waals surface area contributed by atoms with Crippen molar-refractivity contribution in [1.82, 2.24) is 0 Å². The molecule has 0 saturated heterocycles. The molecule has 0 atom stereocenters. The molecule has 0 aromatic heterocycles. The van der Waals surface area contributed by atoms with Gasteiger partial charge in [0.2, 0.25) is 0 Å². The van der Waals surface area contributed by atoms with Crippen molar-refractivity contribution in [3.8, 4) is 0 Å². The fourth-order valence-corrected chi connectivity index (χ4v) is 1.01. The van der Waals surface area contributed by atoms with Gasteiger partial charge in [-0.15, -0.1) is 0 Å². The van der Waals surface area contributed by atoms with E-state index in [1.165, 1.54) is 0 Å². The molecule has 0 aliphatic carbocycles. The standard InChI is InChI=1S/C11H13NO2/c12-11(13)14-9-5-4-8-10-6-2-1-3-7-10/h1-4,6-8H,5,9H2,(H2,12,13). The summed E-state index contributed by atoms with van der Waals surface area (Å²) in [5.74, 6) is 0. The summed E-state index contributed by atoms with van der Waals surface area (Å²) in [6, 6.07) is 9.92. The fraction of sp³-hybridized carbons (Fsp3) is 0.182. The Bertz CT molecular complexity index is 306. The maximum Gasteiger partial charge on any atom is 0.404 e. The van der Waals surface area contributed by atoms with E-state index in [4.69, 9.17) is 5.73 Å². The third-order valence-electron chi connectivity index (χ3n) is 1.64. The molecular weight excluding hydrogens is 178 g/mol. The number of benzene rings is 1. The highest BCUT2D eigenvalue weighted by molar-refractivity contribution is 5.64. The van der Waals surface area contributed by atoms with Gasteiger partial charge >= 0.3 is 6.09 Å². The van der Waals surface area contributed by atoms with Crippen molar-refractivity contribution < 1.29 is 9.53 Å². The number of nitrogens with two attached hydrogens (primary N) is 1. The first-order chi connectivity index (χ1) is 6.79. The molecule has 1 amide bonds. The van der Waals surface area contributed by atoms with Gasteiger partial charge in [-0.05, 0) is 12.0 Å². The summed E-state index contributed by atoms with van der Waals surface area (Å²) in [6.45, 7) is 0.332. The van der Waals surface area contributed by atoms with Crippen LogP contribution >= 0.6 is 0 Å². The largest absolute Gasteiger partial charge is 0.449 e. The number of carbonyl (C=O) groups excluding carboxylic acids is 1. The van der Waals surface area contributed by atoms with Gasteiger partial charge in [0.15, 0.2) is 0 Å². The van der Waals surface area contributed by atoms with E-state index in [1.807, 2.05) is 42.5 Å². The predicted molar refractivity (Wildman–Crippen MR) is 55.6 cm³/mol. The number of primary amides is 1. The molecule has 0 fully saturated rings. The van der Waals surface area contributed by atoms with Gasteiger partial charge in [0.1, 0.15) is 0 Å². The lowest BCUT2D eigenvalue weighted by Gasteiger charge is -1.96. The van der Waals surface area contributed by atoms with Crippen molar-refractivity contribution in [3.05, 3.63) is 42.0 Å². The third kappa shape index (κ3) is 4.30. The zero-order chi connectivity index (χ0) is 10.2. The number of rotatable bonds is 4. The molecule has 14 heavy (non-hydrogen) atoms. The molecule has 0 spiro atoms. The molecule has 0 radical (unpaired) electrons. The normalized spacial score (nSPS) is 10.3. The Kier molecular flexibility index (Phi) is 4.27. The Morgan fingerprint density at radius 1 is 1.36 bits per heavy atom. The molecule has 0 saturated carbocycles. The number of ether oxygens (including phenoxy) is 1. The summed E-state index contributed by atoms with van der Waals surface area (Å²) in [7, 11) is 0. The van der Waals surface area contributed by atoms with Gasteiger partial charge in [-0.2, -0.15) is 0 Å². The van der Waals surface area contributed by atoms with Crippen LogP contribution in [-0.2, 0) is 4.74 Å². The van der Waals surface area contributed by atoms with Gasteiger partial charge in [0.05, 0.1) is 6.61 Å². The van der Waals surface area contributed by atoms with Crippen LogP contribution in [0.4, 0.5) is 4.79 Å². The molecule has 74 valence electrons. The van der Waals surface area contributed by atoms with Crippen LogP contribution in [0.2, 0.25) is 0 Å². The zero-order valence-electron chi connectivity index (χ0n) is 7.85. The number of hydrogen-bond donors (Lipinski definition) is 1. The van der Waals surface area contributed by atoms with Crippen molar-refractivity contribution in [2.24, 2.45) is 5.73 Å². The van der Waals surface area contributed by atoms with Crippen molar-refractivity contribution >= 4 is 12.2 Å². The van der Waals surface area contributed by atoms with Crippen molar-refractivity contribution in [2.75, 3.05) is 6.61 Å². The average molecular weight is 191 g/mol. The Morgan fingerprint density at radius 3 is 2.71 bits per heavy atom. The first-order valence-corrected chi connectivity index (χ1v) is 4.43. The molecule has 0 heterocycles. The predicted octanol–water partition coefficient (Wildman–Crippen LogP) is 2.19. The van der Waals surface area contributed by atoms with E-state index in [0.717, 1.165) is 5.56 Å². The minimum absolute atomic E-state index is 0.332. The summed E-state index contributed by atoms with van der Waals surface area (Å²) >= 11 is 0. The van der Waals surface area contributed by atoms with E-state index >= 15 is 0 Å². The SMILES string of the molecule is NC(=O)OCCC=Cc1ccccc1. The number of amides is 1. The molecule has 0 unspecified atom stereocenters. The summed E-state index contributed by atoms with van der Waals surface area (Å²) in [6.07, 6.45) is 3.87. The Hall–Kier alpha value is -1.77. The first-order valence-electron chi connectivity index (χ1n) is 4.43. The lowest BCUT2D eigenvalue weighted by Crippen LogP contribution is -2.13. The van der Waals surface area contributed by atoms with Crippen LogP contribution in [0.5, 0.6) is 0 Å². The second-order valence-corrected chi connectivity index (χ2v) is 2.77. The molecule has 1 rings (SSSR count). The highest BCUT2D eigenvalue weighted by Gasteiger charge is 1.89. The quantitative estimate of drug-likeness (QED) is 0.741. The lowest BCUT2D eigenvalue weighted by molar-refractivity contribution is 0.159. The molecule has 3 nitrogen and oxygen atoms in total. The van der Waals surface area contributed by atoms with Gasteiger partial charge in [-0.25, -0.2) is 4.79 Å². The Balaban J connectivity index is 2.25. The molecule has 0 aliphatic rings. The molecule has 2 N–H and O–H groups in total.